The summed E-state index contributed by atoms with van der Waals surface area (Å²) in [4.78, 5) is 27.4. The highest BCUT2D eigenvalue weighted by molar-refractivity contribution is 5.94. The first-order valence-corrected chi connectivity index (χ1v) is 10.8. The molecule has 0 radical (unpaired) electrons. The number of fused-ring (bicyclic) bond motifs is 1. The van der Waals surface area contributed by atoms with Crippen LogP contribution in [0.15, 0.2) is 85.2 Å². The Hall–Kier alpha value is -4.03. The number of benzene rings is 3. The Morgan fingerprint density at radius 3 is 2.30 bits per heavy atom. The van der Waals surface area contributed by atoms with Gasteiger partial charge in [0.25, 0.3) is 5.91 Å². The standard InChI is InChI=1S/C27H25N3O3/c28-25(27(32)33)15-19-3-7-22(8-4-19)26(31)30-14-11-18-1-5-20(6-2-18)23-10-9-21-12-13-29-17-24(21)16-23/h1-10,12-13,16-17,25H,11,14-15,28H2,(H,30,31)(H,32,33)/t25-/m0/s1. The van der Waals surface area contributed by atoms with Gasteiger partial charge in [-0.25, -0.2) is 0 Å². The average Bonchev–Trinajstić information content (AvgIpc) is 2.84. The summed E-state index contributed by atoms with van der Waals surface area (Å²) in [7, 11) is 0. The van der Waals surface area contributed by atoms with Crippen LogP contribution in [0.5, 0.6) is 0 Å². The molecule has 0 saturated carbocycles. The second-order valence-corrected chi connectivity index (χ2v) is 7.99. The first-order valence-electron chi connectivity index (χ1n) is 10.8. The summed E-state index contributed by atoms with van der Waals surface area (Å²) in [6, 6.07) is 22.6. The van der Waals surface area contributed by atoms with Gasteiger partial charge >= 0.3 is 5.97 Å². The third kappa shape index (κ3) is 5.61. The number of nitrogens with two attached hydrogens (primary N) is 1. The second kappa shape index (κ2) is 10.1. The molecule has 0 aliphatic heterocycles. The number of carboxylic acids is 1. The van der Waals surface area contributed by atoms with Gasteiger partial charge in [-0.3, -0.25) is 14.6 Å². The lowest BCUT2D eigenvalue weighted by molar-refractivity contribution is -0.138. The van der Waals surface area contributed by atoms with Crippen molar-refractivity contribution in [2.75, 3.05) is 6.54 Å². The normalized spacial score (nSPS) is 11.8. The number of aromatic nitrogens is 1. The molecule has 0 bridgehead atoms. The number of carbonyl (C=O) groups excluding carboxylic acids is 1. The minimum Gasteiger partial charge on any atom is -0.480 e. The smallest absolute Gasteiger partial charge is 0.320 e. The van der Waals surface area contributed by atoms with E-state index in [2.05, 4.69) is 52.8 Å². The van der Waals surface area contributed by atoms with E-state index in [0.29, 0.717) is 12.1 Å². The fourth-order valence-electron chi connectivity index (χ4n) is 3.68. The third-order valence-corrected chi connectivity index (χ3v) is 5.62. The summed E-state index contributed by atoms with van der Waals surface area (Å²) in [5, 5.41) is 14.1. The first-order chi connectivity index (χ1) is 16.0. The zero-order valence-electron chi connectivity index (χ0n) is 18.1. The van der Waals surface area contributed by atoms with Crippen LogP contribution in [0.4, 0.5) is 0 Å². The maximum Gasteiger partial charge on any atom is 0.320 e. The number of nitrogens with one attached hydrogen (secondary N) is 1. The van der Waals surface area contributed by atoms with Crippen LogP contribution in [0.2, 0.25) is 0 Å². The lowest BCUT2D eigenvalue weighted by atomic mass is 10.0. The van der Waals surface area contributed by atoms with E-state index >= 15 is 0 Å². The largest absolute Gasteiger partial charge is 0.480 e. The van der Waals surface area contributed by atoms with Crippen LogP contribution < -0.4 is 11.1 Å². The highest BCUT2D eigenvalue weighted by atomic mass is 16.4. The van der Waals surface area contributed by atoms with Crippen molar-refractivity contribution in [3.05, 3.63) is 102 Å². The number of nitrogens with zero attached hydrogens (tertiary/aromatic N) is 1. The Morgan fingerprint density at radius 1 is 0.879 bits per heavy atom. The topological polar surface area (TPSA) is 105 Å². The quantitative estimate of drug-likeness (QED) is 0.387. The molecular weight excluding hydrogens is 414 g/mol. The molecule has 3 aromatic carbocycles. The Labute approximate surface area is 192 Å². The van der Waals surface area contributed by atoms with Crippen LogP contribution in [-0.4, -0.2) is 34.6 Å². The molecule has 0 unspecified atom stereocenters. The molecule has 4 N–H and O–H groups in total. The predicted molar refractivity (Wildman–Crippen MR) is 129 cm³/mol. The number of carboxylic acid groups (broad SMARTS) is 1. The van der Waals surface area contributed by atoms with Crippen molar-refractivity contribution in [3.8, 4) is 11.1 Å². The number of hydrogen-bond donors (Lipinski definition) is 3. The number of carbonyl (C=O) groups is 2. The molecule has 166 valence electrons. The highest BCUT2D eigenvalue weighted by Crippen LogP contribution is 2.24. The summed E-state index contributed by atoms with van der Waals surface area (Å²) in [5.74, 6) is -1.20. The minimum atomic E-state index is -1.04. The molecule has 6 heteroatoms. The molecule has 4 rings (SSSR count). The lowest BCUT2D eigenvalue weighted by Crippen LogP contribution is -2.32. The van der Waals surface area contributed by atoms with Crippen molar-refractivity contribution in [1.82, 2.24) is 10.3 Å². The Balaban J connectivity index is 1.30. The Kier molecular flexibility index (Phi) is 6.76. The van der Waals surface area contributed by atoms with Gasteiger partial charge in [-0.15, -0.1) is 0 Å². The molecule has 0 spiro atoms. The van der Waals surface area contributed by atoms with Gasteiger partial charge in [-0.1, -0.05) is 48.5 Å². The summed E-state index contributed by atoms with van der Waals surface area (Å²) in [6.45, 7) is 0.519. The highest BCUT2D eigenvalue weighted by Gasteiger charge is 2.12. The summed E-state index contributed by atoms with van der Waals surface area (Å²) in [5.41, 5.74) is 10.3. The van der Waals surface area contributed by atoms with Crippen molar-refractivity contribution in [1.29, 1.82) is 0 Å². The Morgan fingerprint density at radius 2 is 1.58 bits per heavy atom. The van der Waals surface area contributed by atoms with Crippen LogP contribution in [0.1, 0.15) is 21.5 Å². The zero-order valence-corrected chi connectivity index (χ0v) is 18.1. The van der Waals surface area contributed by atoms with E-state index < -0.39 is 12.0 Å². The van der Waals surface area contributed by atoms with Gasteiger partial charge in [-0.2, -0.15) is 0 Å². The predicted octanol–water partition coefficient (Wildman–Crippen LogP) is 3.83. The molecular formula is C27H25N3O3. The summed E-state index contributed by atoms with van der Waals surface area (Å²) < 4.78 is 0. The monoisotopic (exact) mass is 439 g/mol. The van der Waals surface area contributed by atoms with Gasteiger partial charge in [0.05, 0.1) is 0 Å². The molecule has 0 saturated heterocycles. The van der Waals surface area contributed by atoms with Crippen LogP contribution in [0.3, 0.4) is 0 Å². The van der Waals surface area contributed by atoms with E-state index in [0.717, 1.165) is 34.1 Å². The van der Waals surface area contributed by atoms with Gasteiger partial charge < -0.3 is 16.2 Å². The molecule has 0 aliphatic rings. The van der Waals surface area contributed by atoms with Crippen molar-refractivity contribution >= 4 is 22.6 Å². The molecule has 1 heterocycles. The fourth-order valence-corrected chi connectivity index (χ4v) is 3.68. The molecule has 0 aliphatic carbocycles. The van der Waals surface area contributed by atoms with Crippen molar-refractivity contribution in [3.63, 3.8) is 0 Å². The van der Waals surface area contributed by atoms with Gasteiger partial charge in [-0.05, 0) is 64.7 Å². The fraction of sp³-hybridized carbons (Fsp3) is 0.148. The molecule has 4 aromatic rings. The second-order valence-electron chi connectivity index (χ2n) is 7.99. The van der Waals surface area contributed by atoms with Gasteiger partial charge in [0, 0.05) is 29.9 Å². The van der Waals surface area contributed by atoms with Crippen LogP contribution in [0, 0.1) is 0 Å². The van der Waals surface area contributed by atoms with Crippen molar-refractivity contribution in [2.24, 2.45) is 5.73 Å². The maximum atomic E-state index is 12.4. The van der Waals surface area contributed by atoms with E-state index in [-0.39, 0.29) is 12.3 Å². The summed E-state index contributed by atoms with van der Waals surface area (Å²) >= 11 is 0. The van der Waals surface area contributed by atoms with Gasteiger partial charge in [0.2, 0.25) is 0 Å². The molecule has 1 aromatic heterocycles. The lowest BCUT2D eigenvalue weighted by Gasteiger charge is -2.09. The minimum absolute atomic E-state index is 0.162. The number of rotatable bonds is 8. The third-order valence-electron chi connectivity index (χ3n) is 5.62. The molecule has 1 amide bonds. The van der Waals surface area contributed by atoms with E-state index in [1.807, 2.05) is 12.3 Å². The molecule has 33 heavy (non-hydrogen) atoms. The van der Waals surface area contributed by atoms with Crippen molar-refractivity contribution in [2.45, 2.75) is 18.9 Å². The number of pyridine rings is 1. The Bertz CT molecular complexity index is 1270. The van der Waals surface area contributed by atoms with Crippen LogP contribution >= 0.6 is 0 Å². The molecule has 0 fully saturated rings. The zero-order chi connectivity index (χ0) is 23.2. The maximum absolute atomic E-state index is 12.4. The van der Waals surface area contributed by atoms with E-state index in [1.165, 1.54) is 5.39 Å². The molecule has 6 nitrogen and oxygen atoms in total. The van der Waals surface area contributed by atoms with E-state index in [9.17, 15) is 9.59 Å². The van der Waals surface area contributed by atoms with Gasteiger partial charge in [0.1, 0.15) is 6.04 Å². The first kappa shape index (κ1) is 22.2. The average molecular weight is 440 g/mol. The number of hydrogen-bond acceptors (Lipinski definition) is 4. The number of aliphatic carboxylic acids is 1. The SMILES string of the molecule is N[C@@H](Cc1ccc(C(=O)NCCc2ccc(-c3ccc4ccncc4c3)cc2)cc1)C(=O)O. The van der Waals surface area contributed by atoms with Crippen LogP contribution in [0.25, 0.3) is 21.9 Å². The molecule has 1 atom stereocenters. The van der Waals surface area contributed by atoms with E-state index in [1.54, 1.807) is 30.5 Å². The summed E-state index contributed by atoms with van der Waals surface area (Å²) in [6.07, 6.45) is 4.61. The van der Waals surface area contributed by atoms with Gasteiger partial charge in [0.15, 0.2) is 0 Å². The number of amides is 1. The van der Waals surface area contributed by atoms with Crippen LogP contribution in [-0.2, 0) is 17.6 Å². The van der Waals surface area contributed by atoms with Crippen molar-refractivity contribution < 1.29 is 14.7 Å². The van der Waals surface area contributed by atoms with E-state index in [4.69, 9.17) is 10.8 Å².